The molecule has 0 saturated carbocycles. The van der Waals surface area contributed by atoms with Gasteiger partial charge in [-0.2, -0.15) is 0 Å². The van der Waals surface area contributed by atoms with Crippen molar-refractivity contribution in [1.82, 2.24) is 24.8 Å². The van der Waals surface area contributed by atoms with Crippen molar-refractivity contribution in [2.45, 2.75) is 6.54 Å². The molecule has 1 amide bonds. The molecule has 0 radical (unpaired) electrons. The molecule has 3 aromatic heterocycles. The van der Waals surface area contributed by atoms with Crippen LogP contribution in [0.1, 0.15) is 10.6 Å². The summed E-state index contributed by atoms with van der Waals surface area (Å²) in [4.78, 5) is 25.5. The van der Waals surface area contributed by atoms with Gasteiger partial charge in [0.05, 0.1) is 21.3 Å². The number of para-hydroxylation sites is 3. The van der Waals surface area contributed by atoms with Gasteiger partial charge in [0.2, 0.25) is 5.91 Å². The number of aromatic nitrogens is 4. The molecule has 0 fully saturated rings. The molecule has 0 aliphatic rings. The van der Waals surface area contributed by atoms with Gasteiger partial charge in [0.15, 0.2) is 0 Å². The van der Waals surface area contributed by atoms with Gasteiger partial charge in [0.25, 0.3) is 0 Å². The van der Waals surface area contributed by atoms with Crippen molar-refractivity contribution in [3.05, 3.63) is 89.8 Å². The summed E-state index contributed by atoms with van der Waals surface area (Å²) in [5, 5.41) is 3.69. The van der Waals surface area contributed by atoms with E-state index in [1.165, 1.54) is 6.08 Å². The number of nitrogens with one attached hydrogen (secondary N) is 1. The number of hydrogen-bond donors (Lipinski definition) is 1. The Hall–Kier alpha value is -3.84. The maximum absolute atomic E-state index is 12.2. The number of rotatable bonds is 5. The number of benzene rings is 2. The highest BCUT2D eigenvalue weighted by molar-refractivity contribution is 7.19. The third-order valence-electron chi connectivity index (χ3n) is 4.66. The Balaban J connectivity index is 1.22. The molecule has 2 aromatic carbocycles. The number of fused-ring (bicyclic) bond motifs is 2. The highest BCUT2D eigenvalue weighted by Crippen LogP contribution is 2.22. The van der Waals surface area contributed by atoms with Gasteiger partial charge in [-0.25, -0.2) is 15.0 Å². The Morgan fingerprint density at radius 3 is 2.67 bits per heavy atom. The lowest BCUT2D eigenvalue weighted by atomic mass is 10.2. The van der Waals surface area contributed by atoms with Crippen molar-refractivity contribution in [2.75, 3.05) is 0 Å². The van der Waals surface area contributed by atoms with E-state index in [1.54, 1.807) is 29.9 Å². The summed E-state index contributed by atoms with van der Waals surface area (Å²) in [7, 11) is 0. The van der Waals surface area contributed by atoms with E-state index in [2.05, 4.69) is 20.3 Å². The fraction of sp³-hybridized carbons (Fsp3) is 0.0435. The highest BCUT2D eigenvalue weighted by atomic mass is 32.1. The third-order valence-corrected chi connectivity index (χ3v) is 5.67. The Morgan fingerprint density at radius 1 is 1.00 bits per heavy atom. The second-order valence-corrected chi connectivity index (χ2v) is 7.76. The number of pyridine rings is 1. The summed E-state index contributed by atoms with van der Waals surface area (Å²) in [6.07, 6.45) is 6.78. The lowest BCUT2D eigenvalue weighted by molar-refractivity contribution is -0.116. The van der Waals surface area contributed by atoms with Crippen LogP contribution in [0.2, 0.25) is 0 Å². The smallest absolute Gasteiger partial charge is 0.244 e. The van der Waals surface area contributed by atoms with E-state index < -0.39 is 0 Å². The standard InChI is InChI=1S/C23H17N5OS/c29-22(11-12-23-27-18-6-2-4-8-20(18)30-23)25-14-16-9-10-21(24-13-16)28-15-26-17-5-1-3-7-19(17)28/h1-13,15H,14H2,(H,25,29)/b12-11+. The van der Waals surface area contributed by atoms with Crippen molar-refractivity contribution >= 4 is 44.6 Å². The first-order valence-corrected chi connectivity index (χ1v) is 10.3. The zero-order chi connectivity index (χ0) is 20.3. The maximum atomic E-state index is 12.2. The molecule has 7 heteroatoms. The van der Waals surface area contributed by atoms with E-state index in [9.17, 15) is 4.79 Å². The topological polar surface area (TPSA) is 72.7 Å². The largest absolute Gasteiger partial charge is 0.348 e. The van der Waals surface area contributed by atoms with Crippen LogP contribution in [-0.2, 0) is 11.3 Å². The molecule has 1 N–H and O–H groups in total. The molecule has 30 heavy (non-hydrogen) atoms. The zero-order valence-corrected chi connectivity index (χ0v) is 16.7. The Labute approximate surface area is 176 Å². The van der Waals surface area contributed by atoms with Gasteiger partial charge in [-0.15, -0.1) is 11.3 Å². The van der Waals surface area contributed by atoms with E-state index in [4.69, 9.17) is 0 Å². The number of amides is 1. The van der Waals surface area contributed by atoms with Gasteiger partial charge in [-0.05, 0) is 42.0 Å². The summed E-state index contributed by atoms with van der Waals surface area (Å²) in [5.41, 5.74) is 3.80. The fourth-order valence-electron chi connectivity index (χ4n) is 3.16. The fourth-order valence-corrected chi connectivity index (χ4v) is 4.03. The van der Waals surface area contributed by atoms with Crippen molar-refractivity contribution in [2.24, 2.45) is 0 Å². The predicted octanol–water partition coefficient (Wildman–Crippen LogP) is 4.36. The third kappa shape index (κ3) is 3.70. The van der Waals surface area contributed by atoms with Crippen molar-refractivity contribution in [3.63, 3.8) is 0 Å². The average molecular weight is 411 g/mol. The molecule has 0 spiro atoms. The minimum Gasteiger partial charge on any atom is -0.348 e. The van der Waals surface area contributed by atoms with Gasteiger partial charge in [-0.3, -0.25) is 9.36 Å². The van der Waals surface area contributed by atoms with E-state index >= 15 is 0 Å². The van der Waals surface area contributed by atoms with Gasteiger partial charge in [0.1, 0.15) is 17.2 Å². The zero-order valence-electron chi connectivity index (χ0n) is 15.9. The van der Waals surface area contributed by atoms with Crippen LogP contribution in [0.3, 0.4) is 0 Å². The normalized spacial score (nSPS) is 11.5. The SMILES string of the molecule is O=C(/C=C/c1nc2ccccc2s1)NCc1ccc(-n2cnc3ccccc32)nc1. The predicted molar refractivity (Wildman–Crippen MR) is 119 cm³/mol. The second kappa shape index (κ2) is 7.88. The monoisotopic (exact) mass is 411 g/mol. The number of thiazole rings is 1. The van der Waals surface area contributed by atoms with Crippen LogP contribution in [0.15, 0.2) is 79.3 Å². The van der Waals surface area contributed by atoms with Crippen LogP contribution >= 0.6 is 11.3 Å². The van der Waals surface area contributed by atoms with Crippen molar-refractivity contribution in [3.8, 4) is 5.82 Å². The molecule has 146 valence electrons. The van der Waals surface area contributed by atoms with Crippen molar-refractivity contribution in [1.29, 1.82) is 0 Å². The molecular weight excluding hydrogens is 394 g/mol. The number of nitrogens with zero attached hydrogens (tertiary/aromatic N) is 4. The average Bonchev–Trinajstić information content (AvgIpc) is 3.40. The van der Waals surface area contributed by atoms with E-state index in [0.717, 1.165) is 37.6 Å². The van der Waals surface area contributed by atoms with Crippen LogP contribution in [0.4, 0.5) is 0 Å². The first-order chi connectivity index (χ1) is 14.8. The minimum atomic E-state index is -0.168. The Kier molecular flexibility index (Phi) is 4.78. The Bertz CT molecular complexity index is 1330. The molecule has 0 saturated heterocycles. The summed E-state index contributed by atoms with van der Waals surface area (Å²) in [6.45, 7) is 0.404. The number of imidazole rings is 1. The van der Waals surface area contributed by atoms with Crippen molar-refractivity contribution < 1.29 is 4.79 Å². The summed E-state index contributed by atoms with van der Waals surface area (Å²) in [6, 6.07) is 19.7. The van der Waals surface area contributed by atoms with E-state index in [0.29, 0.717) is 6.54 Å². The van der Waals surface area contributed by atoms with Gasteiger partial charge in [0, 0.05) is 18.8 Å². The number of carbonyl (C=O) groups is 1. The van der Waals surface area contributed by atoms with Gasteiger partial charge in [-0.1, -0.05) is 30.3 Å². The molecule has 0 aliphatic heterocycles. The van der Waals surface area contributed by atoms with Gasteiger partial charge < -0.3 is 5.32 Å². The molecule has 0 bridgehead atoms. The highest BCUT2D eigenvalue weighted by Gasteiger charge is 2.06. The Morgan fingerprint density at radius 2 is 1.83 bits per heavy atom. The van der Waals surface area contributed by atoms with Crippen LogP contribution in [0, 0.1) is 0 Å². The molecule has 0 aliphatic carbocycles. The van der Waals surface area contributed by atoms with Gasteiger partial charge >= 0.3 is 0 Å². The summed E-state index contributed by atoms with van der Waals surface area (Å²) in [5.74, 6) is 0.619. The molecule has 6 nitrogen and oxygen atoms in total. The molecule has 0 atom stereocenters. The molecule has 0 unspecified atom stereocenters. The number of hydrogen-bond acceptors (Lipinski definition) is 5. The second-order valence-electron chi connectivity index (χ2n) is 6.70. The van der Waals surface area contributed by atoms with Crippen LogP contribution in [0.25, 0.3) is 33.1 Å². The quantitative estimate of drug-likeness (QED) is 0.436. The first kappa shape index (κ1) is 18.2. The number of carbonyl (C=O) groups excluding carboxylic acids is 1. The van der Waals surface area contributed by atoms with E-state index in [1.807, 2.05) is 65.2 Å². The molecular formula is C23H17N5OS. The lowest BCUT2D eigenvalue weighted by Gasteiger charge is -2.06. The van der Waals surface area contributed by atoms with Crippen LogP contribution in [-0.4, -0.2) is 25.4 Å². The molecule has 3 heterocycles. The van der Waals surface area contributed by atoms with E-state index in [-0.39, 0.29) is 5.91 Å². The minimum absolute atomic E-state index is 0.168. The maximum Gasteiger partial charge on any atom is 0.244 e. The van der Waals surface area contributed by atoms with Crippen LogP contribution in [0.5, 0.6) is 0 Å². The molecule has 5 rings (SSSR count). The molecule has 5 aromatic rings. The summed E-state index contributed by atoms with van der Waals surface area (Å²) < 4.78 is 3.05. The summed E-state index contributed by atoms with van der Waals surface area (Å²) >= 11 is 1.56. The first-order valence-electron chi connectivity index (χ1n) is 9.45. The van der Waals surface area contributed by atoms with Crippen LogP contribution < -0.4 is 5.32 Å². The lowest BCUT2D eigenvalue weighted by Crippen LogP contribution is -2.20.